The van der Waals surface area contributed by atoms with Crippen LogP contribution in [0.1, 0.15) is 45.7 Å². The van der Waals surface area contributed by atoms with E-state index in [-0.39, 0.29) is 33.6 Å². The number of anilines is 2. The molecule has 6 nitrogen and oxygen atoms in total. The smallest absolute Gasteiger partial charge is 0.242 e. The highest BCUT2D eigenvalue weighted by Gasteiger charge is 2.34. The predicted molar refractivity (Wildman–Crippen MR) is 108 cm³/mol. The molecule has 0 saturated heterocycles. The van der Waals surface area contributed by atoms with Crippen LogP contribution in [0.3, 0.4) is 0 Å². The zero-order valence-electron chi connectivity index (χ0n) is 15.0. The first-order chi connectivity index (χ1) is 13.2. The zero-order chi connectivity index (χ0) is 20.6. The Labute approximate surface area is 171 Å². The van der Waals surface area contributed by atoms with Crippen LogP contribution in [0.25, 0.3) is 0 Å². The number of hydrogen-bond donors (Lipinski definition) is 2. The third-order valence-corrected chi connectivity index (χ3v) is 4.71. The Morgan fingerprint density at radius 3 is 1.43 bits per heavy atom. The topological polar surface area (TPSA) is 92.3 Å². The normalized spacial score (nSPS) is 14.6. The molecule has 3 rings (SSSR count). The molecule has 0 radical (unpaired) electrons. The second-order valence-electron chi connectivity index (χ2n) is 6.33. The first-order valence-electron chi connectivity index (χ1n) is 8.47. The summed E-state index contributed by atoms with van der Waals surface area (Å²) in [6, 6.07) is 9.19. The summed E-state index contributed by atoms with van der Waals surface area (Å²) in [7, 11) is 0. The third-order valence-electron chi connectivity index (χ3n) is 4.31. The highest BCUT2D eigenvalue weighted by Crippen LogP contribution is 2.35. The van der Waals surface area contributed by atoms with Crippen LogP contribution in [-0.4, -0.2) is 34.1 Å². The van der Waals surface area contributed by atoms with E-state index in [1.807, 2.05) is 0 Å². The molecule has 2 aromatic carbocycles. The predicted octanol–water partition coefficient (Wildman–Crippen LogP) is 3.59. The molecule has 2 amide bonds. The van der Waals surface area contributed by atoms with Crippen molar-refractivity contribution in [3.8, 4) is 0 Å². The van der Waals surface area contributed by atoms with Crippen LogP contribution in [0.2, 0.25) is 0 Å². The summed E-state index contributed by atoms with van der Waals surface area (Å²) >= 11 is 11.6. The van der Waals surface area contributed by atoms with Gasteiger partial charge in [0.05, 0.1) is 22.5 Å². The molecule has 0 aromatic heterocycles. The van der Waals surface area contributed by atoms with Crippen molar-refractivity contribution in [2.45, 2.75) is 24.6 Å². The largest absolute Gasteiger partial charge is 0.324 e. The minimum absolute atomic E-state index is 0.0971. The summed E-state index contributed by atoms with van der Waals surface area (Å²) in [6.07, 6.45) is 0. The Kier molecular flexibility index (Phi) is 5.54. The van der Waals surface area contributed by atoms with Crippen molar-refractivity contribution in [2.75, 3.05) is 10.6 Å². The number of ketones is 2. The molecule has 2 atom stereocenters. The summed E-state index contributed by atoms with van der Waals surface area (Å²) in [5.74, 6) is -1.84. The lowest BCUT2D eigenvalue weighted by molar-refractivity contribution is -0.116. The quantitative estimate of drug-likeness (QED) is 0.633. The van der Waals surface area contributed by atoms with Crippen LogP contribution in [-0.2, 0) is 9.59 Å². The summed E-state index contributed by atoms with van der Waals surface area (Å²) in [5, 5.41) is 3.55. The van der Waals surface area contributed by atoms with Crippen molar-refractivity contribution in [1.29, 1.82) is 0 Å². The van der Waals surface area contributed by atoms with Gasteiger partial charge in [-0.1, -0.05) is 24.3 Å². The van der Waals surface area contributed by atoms with Gasteiger partial charge in [0.25, 0.3) is 0 Å². The molecule has 0 bridgehead atoms. The maximum absolute atomic E-state index is 13.1. The van der Waals surface area contributed by atoms with Crippen LogP contribution < -0.4 is 10.6 Å². The maximum Gasteiger partial charge on any atom is 0.242 e. The van der Waals surface area contributed by atoms with E-state index in [2.05, 4.69) is 10.6 Å². The highest BCUT2D eigenvalue weighted by atomic mass is 35.5. The number of halogens is 2. The summed E-state index contributed by atoms with van der Waals surface area (Å²) in [6.45, 7) is 3.00. The van der Waals surface area contributed by atoms with Crippen molar-refractivity contribution in [1.82, 2.24) is 0 Å². The Balaban J connectivity index is 2.11. The Morgan fingerprint density at radius 2 is 1.11 bits per heavy atom. The van der Waals surface area contributed by atoms with Crippen LogP contribution in [0, 0.1) is 0 Å². The number of carbonyl (C=O) groups is 4. The van der Waals surface area contributed by atoms with Gasteiger partial charge in [-0.15, -0.1) is 23.2 Å². The number of benzene rings is 2. The van der Waals surface area contributed by atoms with E-state index >= 15 is 0 Å². The molecule has 0 fully saturated rings. The highest BCUT2D eigenvalue weighted by molar-refractivity contribution is 6.35. The molecule has 2 unspecified atom stereocenters. The number of alkyl halides is 2. The van der Waals surface area contributed by atoms with Crippen molar-refractivity contribution in [3.05, 3.63) is 58.7 Å². The van der Waals surface area contributed by atoms with Gasteiger partial charge in [-0.2, -0.15) is 0 Å². The van der Waals surface area contributed by atoms with E-state index in [1.54, 1.807) is 12.1 Å². The average Bonchev–Trinajstić information content (AvgIpc) is 2.65. The van der Waals surface area contributed by atoms with Crippen molar-refractivity contribution in [3.63, 3.8) is 0 Å². The maximum atomic E-state index is 13.1. The Hall–Kier alpha value is -2.70. The van der Waals surface area contributed by atoms with Crippen LogP contribution >= 0.6 is 23.2 Å². The van der Waals surface area contributed by atoms with E-state index in [1.165, 1.54) is 38.1 Å². The van der Waals surface area contributed by atoms with Gasteiger partial charge in [-0.25, -0.2) is 0 Å². The van der Waals surface area contributed by atoms with Crippen molar-refractivity contribution in [2.24, 2.45) is 0 Å². The lowest BCUT2D eigenvalue weighted by Crippen LogP contribution is -2.28. The first kappa shape index (κ1) is 20.0. The lowest BCUT2D eigenvalue weighted by Gasteiger charge is -2.23. The number of fused-ring (bicyclic) bond motifs is 2. The molecule has 0 aliphatic heterocycles. The fraction of sp³-hybridized carbons (Fsp3) is 0.200. The van der Waals surface area contributed by atoms with E-state index in [4.69, 9.17) is 23.2 Å². The van der Waals surface area contributed by atoms with Crippen LogP contribution in [0.5, 0.6) is 0 Å². The summed E-state index contributed by atoms with van der Waals surface area (Å²) in [5.41, 5.74) is 0.890. The molecule has 0 saturated carbocycles. The molecule has 28 heavy (non-hydrogen) atoms. The molecule has 144 valence electrons. The Bertz CT molecular complexity index is 934. The number of carbonyl (C=O) groups excluding carboxylic acids is 4. The summed E-state index contributed by atoms with van der Waals surface area (Å²) < 4.78 is 0. The van der Waals surface area contributed by atoms with Crippen LogP contribution in [0.15, 0.2) is 36.4 Å². The molecule has 8 heteroatoms. The molecular weight excluding hydrogens is 403 g/mol. The fourth-order valence-corrected chi connectivity index (χ4v) is 3.02. The molecule has 1 aliphatic carbocycles. The average molecular weight is 419 g/mol. The standard InChI is InChI=1S/C20H16Cl2N2O4/c1-9(21)19(27)23-13-7-3-5-11-15(13)17(25)12-6-4-8-14(16(12)18(11)26)24-20(28)10(2)22/h3-10H,1-2H3,(H,23,27)(H,24,28). The van der Waals surface area contributed by atoms with E-state index in [0.717, 1.165) is 0 Å². The van der Waals surface area contributed by atoms with Crippen LogP contribution in [0.4, 0.5) is 11.4 Å². The molecule has 2 aromatic rings. The molecule has 2 N–H and O–H groups in total. The number of rotatable bonds is 4. The zero-order valence-corrected chi connectivity index (χ0v) is 16.5. The van der Waals surface area contributed by atoms with Crippen molar-refractivity contribution < 1.29 is 19.2 Å². The van der Waals surface area contributed by atoms with Gasteiger partial charge in [-0.3, -0.25) is 19.2 Å². The first-order valence-corrected chi connectivity index (χ1v) is 9.35. The second-order valence-corrected chi connectivity index (χ2v) is 7.63. The third kappa shape index (κ3) is 3.53. The molecular formula is C20H16Cl2N2O4. The molecule has 1 aliphatic rings. The lowest BCUT2D eigenvalue weighted by atomic mass is 9.82. The van der Waals surface area contributed by atoms with Crippen molar-refractivity contribution >= 4 is 58.0 Å². The number of hydrogen-bond acceptors (Lipinski definition) is 4. The number of amides is 2. The van der Waals surface area contributed by atoms with E-state index in [9.17, 15) is 19.2 Å². The summed E-state index contributed by atoms with van der Waals surface area (Å²) in [4.78, 5) is 50.2. The monoisotopic (exact) mass is 418 g/mol. The van der Waals surface area contributed by atoms with Gasteiger partial charge in [0, 0.05) is 11.1 Å². The molecule has 0 spiro atoms. The Morgan fingerprint density at radius 1 is 0.750 bits per heavy atom. The SMILES string of the molecule is CC(Cl)C(=O)Nc1cccc2c1C(=O)c1cccc(NC(=O)C(C)Cl)c1C2=O. The van der Waals surface area contributed by atoms with Gasteiger partial charge in [-0.05, 0) is 26.0 Å². The second kappa shape index (κ2) is 7.73. The van der Waals surface area contributed by atoms with Gasteiger partial charge in [0.1, 0.15) is 10.8 Å². The number of nitrogens with one attached hydrogen (secondary N) is 2. The van der Waals surface area contributed by atoms with Gasteiger partial charge in [0.15, 0.2) is 11.6 Å². The fourth-order valence-electron chi connectivity index (χ4n) is 2.91. The van der Waals surface area contributed by atoms with E-state index in [0.29, 0.717) is 0 Å². The minimum Gasteiger partial charge on any atom is -0.324 e. The molecule has 0 heterocycles. The van der Waals surface area contributed by atoms with Gasteiger partial charge < -0.3 is 10.6 Å². The van der Waals surface area contributed by atoms with E-state index < -0.39 is 34.1 Å². The van der Waals surface area contributed by atoms with Gasteiger partial charge in [0.2, 0.25) is 11.8 Å². The minimum atomic E-state index is -0.808. The van der Waals surface area contributed by atoms with Gasteiger partial charge >= 0.3 is 0 Å².